The molecule has 0 atom stereocenters. The first-order chi connectivity index (χ1) is 12.8. The second kappa shape index (κ2) is 7.66. The third-order valence-electron chi connectivity index (χ3n) is 5.92. The Kier molecular flexibility index (Phi) is 5.11. The Bertz CT molecular complexity index is 934. The zero-order chi connectivity index (χ0) is 17.9. The molecule has 0 saturated heterocycles. The molecule has 0 bridgehead atoms. The highest BCUT2D eigenvalue weighted by molar-refractivity contribution is 6.24. The minimum atomic E-state index is 1.21. The van der Waals surface area contributed by atoms with Crippen molar-refractivity contribution in [2.24, 2.45) is 0 Å². The summed E-state index contributed by atoms with van der Waals surface area (Å²) in [6.07, 6.45) is 10.2. The van der Waals surface area contributed by atoms with Crippen LogP contribution in [0.3, 0.4) is 0 Å². The van der Waals surface area contributed by atoms with Gasteiger partial charge in [0.1, 0.15) is 0 Å². The topological polar surface area (TPSA) is 0 Å². The minimum absolute atomic E-state index is 1.21. The van der Waals surface area contributed by atoms with E-state index in [2.05, 4.69) is 62.4 Å². The summed E-state index contributed by atoms with van der Waals surface area (Å²) < 4.78 is 0. The summed E-state index contributed by atoms with van der Waals surface area (Å²) in [6, 6.07) is 18.7. The lowest BCUT2D eigenvalue weighted by Crippen LogP contribution is -1.96. The van der Waals surface area contributed by atoms with Gasteiger partial charge in [-0.2, -0.15) is 0 Å². The molecule has 0 nitrogen and oxygen atoms in total. The van der Waals surface area contributed by atoms with Crippen LogP contribution >= 0.6 is 0 Å². The molecule has 0 radical (unpaired) electrons. The SMILES string of the molecule is CCCCCc1cc(CCCCC)c2ccc3cccc4ccc1c2c43. The lowest BCUT2D eigenvalue weighted by molar-refractivity contribution is 0.712. The summed E-state index contributed by atoms with van der Waals surface area (Å²) in [6.45, 7) is 4.58. The summed E-state index contributed by atoms with van der Waals surface area (Å²) in [5.74, 6) is 0. The van der Waals surface area contributed by atoms with Crippen LogP contribution in [0.2, 0.25) is 0 Å². The zero-order valence-electron chi connectivity index (χ0n) is 16.3. The van der Waals surface area contributed by atoms with Crippen molar-refractivity contribution in [3.05, 3.63) is 59.7 Å². The van der Waals surface area contributed by atoms with Crippen LogP contribution in [-0.2, 0) is 12.8 Å². The highest BCUT2D eigenvalue weighted by Crippen LogP contribution is 2.38. The van der Waals surface area contributed by atoms with E-state index >= 15 is 0 Å². The van der Waals surface area contributed by atoms with Gasteiger partial charge in [-0.25, -0.2) is 0 Å². The first kappa shape index (κ1) is 17.3. The maximum absolute atomic E-state index is 2.53. The molecule has 0 aliphatic rings. The lowest BCUT2D eigenvalue weighted by Gasteiger charge is -2.17. The Balaban J connectivity index is 1.94. The summed E-state index contributed by atoms with van der Waals surface area (Å²) >= 11 is 0. The number of benzene rings is 4. The van der Waals surface area contributed by atoms with E-state index in [1.807, 2.05) is 0 Å². The van der Waals surface area contributed by atoms with E-state index in [-0.39, 0.29) is 0 Å². The summed E-state index contributed by atoms with van der Waals surface area (Å²) in [4.78, 5) is 0. The fraction of sp³-hybridized carbons (Fsp3) is 0.385. The fourth-order valence-electron chi connectivity index (χ4n) is 4.53. The van der Waals surface area contributed by atoms with Gasteiger partial charge in [-0.1, -0.05) is 88.1 Å². The molecule has 0 heteroatoms. The first-order valence-electron chi connectivity index (χ1n) is 10.5. The predicted octanol–water partition coefficient (Wildman–Crippen LogP) is 8.05. The number of hydrogen-bond donors (Lipinski definition) is 0. The van der Waals surface area contributed by atoms with E-state index in [0.717, 1.165) is 0 Å². The molecule has 4 rings (SSSR count). The predicted molar refractivity (Wildman–Crippen MR) is 117 cm³/mol. The second-order valence-electron chi connectivity index (χ2n) is 7.79. The molecule has 26 heavy (non-hydrogen) atoms. The number of rotatable bonds is 8. The Morgan fingerprint density at radius 2 is 1.12 bits per heavy atom. The highest BCUT2D eigenvalue weighted by Gasteiger charge is 2.14. The van der Waals surface area contributed by atoms with Gasteiger partial charge in [-0.3, -0.25) is 0 Å². The van der Waals surface area contributed by atoms with Crippen LogP contribution in [0.4, 0.5) is 0 Å². The van der Waals surface area contributed by atoms with Crippen LogP contribution in [0, 0.1) is 0 Å². The molecule has 0 heterocycles. The monoisotopic (exact) mass is 342 g/mol. The van der Waals surface area contributed by atoms with Crippen molar-refractivity contribution in [3.8, 4) is 0 Å². The van der Waals surface area contributed by atoms with E-state index < -0.39 is 0 Å². The molecule has 0 aliphatic heterocycles. The number of unbranched alkanes of at least 4 members (excludes halogenated alkanes) is 4. The second-order valence-corrected chi connectivity index (χ2v) is 7.79. The summed E-state index contributed by atoms with van der Waals surface area (Å²) in [5, 5.41) is 8.72. The van der Waals surface area contributed by atoms with Gasteiger partial charge in [0.15, 0.2) is 0 Å². The van der Waals surface area contributed by atoms with Crippen LogP contribution in [0.15, 0.2) is 48.5 Å². The quantitative estimate of drug-likeness (QED) is 0.224. The van der Waals surface area contributed by atoms with Gasteiger partial charge < -0.3 is 0 Å². The van der Waals surface area contributed by atoms with Crippen LogP contribution < -0.4 is 0 Å². The molecular formula is C26H30. The molecule has 0 saturated carbocycles. The Morgan fingerprint density at radius 1 is 0.577 bits per heavy atom. The van der Waals surface area contributed by atoms with Gasteiger partial charge in [0.2, 0.25) is 0 Å². The maximum Gasteiger partial charge on any atom is -0.00213 e. The summed E-state index contributed by atoms with van der Waals surface area (Å²) in [5.41, 5.74) is 3.13. The molecule has 134 valence electrons. The molecule has 4 aromatic carbocycles. The molecule has 0 fully saturated rings. The Hall–Kier alpha value is -2.08. The first-order valence-corrected chi connectivity index (χ1v) is 10.5. The van der Waals surface area contributed by atoms with Crippen LogP contribution in [0.1, 0.15) is 63.5 Å². The third kappa shape index (κ3) is 3.07. The Morgan fingerprint density at radius 3 is 1.62 bits per heavy atom. The van der Waals surface area contributed by atoms with Gasteiger partial charge in [-0.15, -0.1) is 0 Å². The van der Waals surface area contributed by atoms with Crippen LogP contribution in [0.5, 0.6) is 0 Å². The van der Waals surface area contributed by atoms with Crippen molar-refractivity contribution in [2.45, 2.75) is 65.2 Å². The van der Waals surface area contributed by atoms with E-state index in [1.54, 1.807) is 11.1 Å². The minimum Gasteiger partial charge on any atom is -0.0654 e. The smallest absolute Gasteiger partial charge is 0.00213 e. The lowest BCUT2D eigenvalue weighted by atomic mass is 9.87. The number of hydrogen-bond acceptors (Lipinski definition) is 0. The van der Waals surface area contributed by atoms with Crippen molar-refractivity contribution in [3.63, 3.8) is 0 Å². The van der Waals surface area contributed by atoms with Crippen molar-refractivity contribution in [2.75, 3.05) is 0 Å². The highest BCUT2D eigenvalue weighted by atomic mass is 14.2. The van der Waals surface area contributed by atoms with Gasteiger partial charge in [0.25, 0.3) is 0 Å². The molecule has 0 spiro atoms. The average Bonchev–Trinajstić information content (AvgIpc) is 2.68. The van der Waals surface area contributed by atoms with Crippen molar-refractivity contribution < 1.29 is 0 Å². The fourth-order valence-corrected chi connectivity index (χ4v) is 4.53. The molecule has 0 aromatic heterocycles. The van der Waals surface area contributed by atoms with E-state index in [4.69, 9.17) is 0 Å². The van der Waals surface area contributed by atoms with E-state index in [1.165, 1.54) is 83.7 Å². The molecule has 0 unspecified atom stereocenters. The number of aryl methyl sites for hydroxylation is 2. The normalized spacial score (nSPS) is 11.9. The average molecular weight is 343 g/mol. The van der Waals surface area contributed by atoms with Crippen LogP contribution in [0.25, 0.3) is 32.3 Å². The van der Waals surface area contributed by atoms with Crippen molar-refractivity contribution >= 4 is 32.3 Å². The molecular weight excluding hydrogens is 312 g/mol. The molecule has 0 aliphatic carbocycles. The molecule has 4 aromatic rings. The van der Waals surface area contributed by atoms with Gasteiger partial charge in [0, 0.05) is 0 Å². The Labute approximate surface area is 157 Å². The van der Waals surface area contributed by atoms with Gasteiger partial charge >= 0.3 is 0 Å². The largest absolute Gasteiger partial charge is 0.0654 e. The van der Waals surface area contributed by atoms with Gasteiger partial charge in [-0.05, 0) is 69.1 Å². The molecule has 0 N–H and O–H groups in total. The van der Waals surface area contributed by atoms with Crippen LogP contribution in [-0.4, -0.2) is 0 Å². The van der Waals surface area contributed by atoms with Crippen molar-refractivity contribution in [1.29, 1.82) is 0 Å². The molecule has 0 amide bonds. The van der Waals surface area contributed by atoms with E-state index in [9.17, 15) is 0 Å². The summed E-state index contributed by atoms with van der Waals surface area (Å²) in [7, 11) is 0. The van der Waals surface area contributed by atoms with E-state index in [0.29, 0.717) is 0 Å². The zero-order valence-corrected chi connectivity index (χ0v) is 16.3. The van der Waals surface area contributed by atoms with Crippen molar-refractivity contribution in [1.82, 2.24) is 0 Å². The van der Waals surface area contributed by atoms with Gasteiger partial charge in [0.05, 0.1) is 0 Å². The third-order valence-corrected chi connectivity index (χ3v) is 5.92. The maximum atomic E-state index is 2.53. The standard InChI is InChI=1S/C26H30/c1-3-5-7-10-21-18-22(11-8-6-4-2)24-17-15-20-13-9-12-19-14-16-23(21)26(24)25(19)20/h9,12-18H,3-8,10-11H2,1-2H3.